The number of nitrogens with zero attached hydrogens (tertiary/aromatic N) is 1. The lowest BCUT2D eigenvalue weighted by atomic mass is 10.0. The molecule has 1 saturated heterocycles. The maximum absolute atomic E-state index is 12.2. The van der Waals surface area contributed by atoms with Gasteiger partial charge in [-0.05, 0) is 24.1 Å². The summed E-state index contributed by atoms with van der Waals surface area (Å²) in [6, 6.07) is 6.74. The van der Waals surface area contributed by atoms with E-state index in [0.29, 0.717) is 19.5 Å². The fourth-order valence-corrected chi connectivity index (χ4v) is 2.41. The average molecular weight is 276 g/mol. The molecule has 2 amide bonds. The molecule has 1 aliphatic rings. The number of benzene rings is 1. The minimum Gasteiger partial charge on any atom is -0.497 e. The average Bonchev–Trinajstić information content (AvgIpc) is 2.47. The number of ether oxygens (including phenoxy) is 1. The summed E-state index contributed by atoms with van der Waals surface area (Å²) in [4.78, 5) is 26.0. The Labute approximate surface area is 118 Å². The second-order valence-electron chi connectivity index (χ2n) is 4.80. The van der Waals surface area contributed by atoms with Crippen LogP contribution in [0.4, 0.5) is 0 Å². The quantitative estimate of drug-likeness (QED) is 0.906. The predicted molar refractivity (Wildman–Crippen MR) is 75.4 cm³/mol. The Kier molecular flexibility index (Phi) is 4.61. The van der Waals surface area contributed by atoms with E-state index in [0.717, 1.165) is 17.7 Å². The first-order chi connectivity index (χ1) is 9.67. The van der Waals surface area contributed by atoms with E-state index in [-0.39, 0.29) is 11.8 Å². The van der Waals surface area contributed by atoms with Gasteiger partial charge in [-0.15, -0.1) is 0 Å². The van der Waals surface area contributed by atoms with Crippen molar-refractivity contribution in [3.05, 3.63) is 29.8 Å². The summed E-state index contributed by atoms with van der Waals surface area (Å²) in [5, 5.41) is 2.82. The first-order valence-electron chi connectivity index (χ1n) is 6.88. The molecule has 0 radical (unpaired) electrons. The molecule has 108 valence electrons. The van der Waals surface area contributed by atoms with E-state index in [9.17, 15) is 9.59 Å². The number of piperazine rings is 1. The molecule has 1 aliphatic heterocycles. The standard InChI is InChI=1S/C15H20N2O3/c1-3-4-13(18)17-10-9-16-15(19)14(17)11-5-7-12(20-2)8-6-11/h5-8,14H,3-4,9-10H2,1-2H3,(H,16,19). The molecule has 1 unspecified atom stereocenters. The Morgan fingerprint density at radius 1 is 1.40 bits per heavy atom. The van der Waals surface area contributed by atoms with E-state index in [4.69, 9.17) is 4.74 Å². The van der Waals surface area contributed by atoms with Gasteiger partial charge in [0, 0.05) is 19.5 Å². The van der Waals surface area contributed by atoms with Crippen molar-refractivity contribution in [2.24, 2.45) is 0 Å². The molecule has 0 aliphatic carbocycles. The second kappa shape index (κ2) is 6.41. The Morgan fingerprint density at radius 2 is 2.10 bits per heavy atom. The third kappa shape index (κ3) is 2.92. The van der Waals surface area contributed by atoms with Crippen LogP contribution in [-0.4, -0.2) is 36.9 Å². The van der Waals surface area contributed by atoms with Crippen LogP contribution in [0.25, 0.3) is 0 Å². The van der Waals surface area contributed by atoms with Crippen LogP contribution in [0, 0.1) is 0 Å². The highest BCUT2D eigenvalue weighted by Crippen LogP contribution is 2.26. The molecule has 0 aromatic heterocycles. The minimum absolute atomic E-state index is 0.0307. The maximum Gasteiger partial charge on any atom is 0.247 e. The predicted octanol–water partition coefficient (Wildman–Crippen LogP) is 1.49. The van der Waals surface area contributed by atoms with Crippen LogP contribution < -0.4 is 10.1 Å². The molecule has 0 spiro atoms. The molecule has 1 heterocycles. The van der Waals surface area contributed by atoms with Gasteiger partial charge in [0.25, 0.3) is 0 Å². The van der Waals surface area contributed by atoms with Crippen molar-refractivity contribution in [2.45, 2.75) is 25.8 Å². The number of rotatable bonds is 4. The highest BCUT2D eigenvalue weighted by atomic mass is 16.5. The molecule has 1 aromatic carbocycles. The fraction of sp³-hybridized carbons (Fsp3) is 0.467. The molecule has 5 nitrogen and oxygen atoms in total. The van der Waals surface area contributed by atoms with Crippen molar-refractivity contribution in [3.63, 3.8) is 0 Å². The van der Waals surface area contributed by atoms with Crippen LogP contribution >= 0.6 is 0 Å². The highest BCUT2D eigenvalue weighted by Gasteiger charge is 2.33. The molecule has 5 heteroatoms. The number of amides is 2. The molecule has 2 rings (SSSR count). The van der Waals surface area contributed by atoms with Gasteiger partial charge in [0.1, 0.15) is 11.8 Å². The largest absolute Gasteiger partial charge is 0.497 e. The molecule has 1 aromatic rings. The second-order valence-corrected chi connectivity index (χ2v) is 4.80. The smallest absolute Gasteiger partial charge is 0.247 e. The zero-order valence-electron chi connectivity index (χ0n) is 11.9. The Balaban J connectivity index is 2.26. The fourth-order valence-electron chi connectivity index (χ4n) is 2.41. The van der Waals surface area contributed by atoms with Gasteiger partial charge in [0.15, 0.2) is 0 Å². The molecule has 1 fully saturated rings. The van der Waals surface area contributed by atoms with E-state index in [1.165, 1.54) is 0 Å². The van der Waals surface area contributed by atoms with Crippen LogP contribution in [-0.2, 0) is 9.59 Å². The normalized spacial score (nSPS) is 18.6. The molecule has 20 heavy (non-hydrogen) atoms. The van der Waals surface area contributed by atoms with Gasteiger partial charge in [0.05, 0.1) is 7.11 Å². The van der Waals surface area contributed by atoms with Crippen LogP contribution in [0.3, 0.4) is 0 Å². The van der Waals surface area contributed by atoms with Crippen molar-refractivity contribution in [1.29, 1.82) is 0 Å². The van der Waals surface area contributed by atoms with Crippen molar-refractivity contribution in [2.75, 3.05) is 20.2 Å². The molecular weight excluding hydrogens is 256 g/mol. The minimum atomic E-state index is -0.534. The lowest BCUT2D eigenvalue weighted by Crippen LogP contribution is -2.52. The van der Waals surface area contributed by atoms with Gasteiger partial charge >= 0.3 is 0 Å². The third-order valence-corrected chi connectivity index (χ3v) is 3.43. The van der Waals surface area contributed by atoms with Crippen molar-refractivity contribution >= 4 is 11.8 Å². The third-order valence-electron chi connectivity index (χ3n) is 3.43. The number of carbonyl (C=O) groups excluding carboxylic acids is 2. The van der Waals surface area contributed by atoms with Gasteiger partial charge in [0.2, 0.25) is 11.8 Å². The van der Waals surface area contributed by atoms with Gasteiger partial charge < -0.3 is 15.0 Å². The summed E-state index contributed by atoms with van der Waals surface area (Å²) in [6.07, 6.45) is 1.26. The van der Waals surface area contributed by atoms with Crippen LogP contribution in [0.5, 0.6) is 5.75 Å². The Bertz CT molecular complexity index is 484. The van der Waals surface area contributed by atoms with Crippen LogP contribution in [0.1, 0.15) is 31.4 Å². The molecule has 0 saturated carbocycles. The topological polar surface area (TPSA) is 58.6 Å². The first-order valence-corrected chi connectivity index (χ1v) is 6.88. The van der Waals surface area contributed by atoms with Gasteiger partial charge in [-0.25, -0.2) is 0 Å². The van der Waals surface area contributed by atoms with E-state index >= 15 is 0 Å². The number of hydrogen-bond acceptors (Lipinski definition) is 3. The monoisotopic (exact) mass is 276 g/mol. The molecule has 0 bridgehead atoms. The molecule has 1 N–H and O–H groups in total. The number of carbonyl (C=O) groups is 2. The van der Waals surface area contributed by atoms with E-state index < -0.39 is 6.04 Å². The maximum atomic E-state index is 12.2. The zero-order valence-corrected chi connectivity index (χ0v) is 11.9. The lowest BCUT2D eigenvalue weighted by molar-refractivity contribution is -0.143. The summed E-state index contributed by atoms with van der Waals surface area (Å²) >= 11 is 0. The van der Waals surface area contributed by atoms with Crippen molar-refractivity contribution in [3.8, 4) is 5.75 Å². The summed E-state index contributed by atoms with van der Waals surface area (Å²) in [6.45, 7) is 3.03. The van der Waals surface area contributed by atoms with Crippen LogP contribution in [0.2, 0.25) is 0 Å². The number of hydrogen-bond donors (Lipinski definition) is 1. The SMILES string of the molecule is CCCC(=O)N1CCNC(=O)C1c1ccc(OC)cc1. The number of nitrogens with one attached hydrogen (secondary N) is 1. The summed E-state index contributed by atoms with van der Waals surface area (Å²) in [7, 11) is 1.60. The summed E-state index contributed by atoms with van der Waals surface area (Å²) < 4.78 is 5.12. The summed E-state index contributed by atoms with van der Waals surface area (Å²) in [5.41, 5.74) is 0.812. The van der Waals surface area contributed by atoms with Gasteiger partial charge in [-0.2, -0.15) is 0 Å². The first kappa shape index (κ1) is 14.4. The van der Waals surface area contributed by atoms with Crippen molar-refractivity contribution in [1.82, 2.24) is 10.2 Å². The van der Waals surface area contributed by atoms with E-state index in [1.54, 1.807) is 24.1 Å². The Morgan fingerprint density at radius 3 is 2.70 bits per heavy atom. The van der Waals surface area contributed by atoms with Gasteiger partial charge in [-0.1, -0.05) is 19.1 Å². The van der Waals surface area contributed by atoms with Crippen molar-refractivity contribution < 1.29 is 14.3 Å². The zero-order chi connectivity index (χ0) is 14.5. The molecular formula is C15H20N2O3. The van der Waals surface area contributed by atoms with Gasteiger partial charge in [-0.3, -0.25) is 9.59 Å². The summed E-state index contributed by atoms with van der Waals surface area (Å²) in [5.74, 6) is 0.644. The molecule has 1 atom stereocenters. The Hall–Kier alpha value is -2.04. The highest BCUT2D eigenvalue weighted by molar-refractivity contribution is 5.89. The van der Waals surface area contributed by atoms with Crippen LogP contribution in [0.15, 0.2) is 24.3 Å². The lowest BCUT2D eigenvalue weighted by Gasteiger charge is -2.35. The van der Waals surface area contributed by atoms with E-state index in [2.05, 4.69) is 5.32 Å². The van der Waals surface area contributed by atoms with E-state index in [1.807, 2.05) is 19.1 Å². The number of methoxy groups -OCH3 is 1.